The van der Waals surface area contributed by atoms with Gasteiger partial charge in [-0.25, -0.2) is 0 Å². The number of hydrogen-bond acceptors (Lipinski definition) is 0. The molecule has 0 radical (unpaired) electrons. The van der Waals surface area contributed by atoms with E-state index in [1.54, 1.807) is 5.57 Å². The first-order valence-corrected chi connectivity index (χ1v) is 7.35. The first kappa shape index (κ1) is 15.0. The molecule has 1 aromatic rings. The lowest BCUT2D eigenvalue weighted by molar-refractivity contribution is 0.578. The molecule has 0 amide bonds. The highest BCUT2D eigenvalue weighted by molar-refractivity contribution is 5.68. The highest BCUT2D eigenvalue weighted by Gasteiger charge is 2.09. The molecule has 1 atom stereocenters. The molecule has 0 aromatic heterocycles. The van der Waals surface area contributed by atoms with E-state index in [-0.39, 0.29) is 0 Å². The van der Waals surface area contributed by atoms with Gasteiger partial charge in [0, 0.05) is 0 Å². The normalized spacial score (nSPS) is 13.7. The van der Waals surface area contributed by atoms with Crippen LogP contribution in [0, 0.1) is 19.8 Å². The van der Waals surface area contributed by atoms with Crippen LogP contribution in [0.15, 0.2) is 24.3 Å². The SMILES string of the molecule is CCCC=C(CC(C)CC)c1cc(C)ccc1C. The molecular formula is C18H28. The molecule has 0 nitrogen and oxygen atoms in total. The van der Waals surface area contributed by atoms with E-state index in [1.165, 1.54) is 42.4 Å². The van der Waals surface area contributed by atoms with Gasteiger partial charge < -0.3 is 0 Å². The molecule has 0 fully saturated rings. The molecule has 0 spiro atoms. The molecule has 0 N–H and O–H groups in total. The van der Waals surface area contributed by atoms with Crippen LogP contribution in [0.3, 0.4) is 0 Å². The second-order valence-corrected chi connectivity index (χ2v) is 5.55. The van der Waals surface area contributed by atoms with Crippen molar-refractivity contribution in [2.24, 2.45) is 5.92 Å². The summed E-state index contributed by atoms with van der Waals surface area (Å²) in [7, 11) is 0. The van der Waals surface area contributed by atoms with Gasteiger partial charge in [0.15, 0.2) is 0 Å². The summed E-state index contributed by atoms with van der Waals surface area (Å²) in [6.45, 7) is 11.3. The Kier molecular flexibility index (Phi) is 6.18. The van der Waals surface area contributed by atoms with Crippen LogP contribution >= 0.6 is 0 Å². The van der Waals surface area contributed by atoms with Crippen LogP contribution in [0.25, 0.3) is 5.57 Å². The van der Waals surface area contributed by atoms with E-state index in [0.29, 0.717) is 0 Å². The zero-order valence-corrected chi connectivity index (χ0v) is 12.7. The van der Waals surface area contributed by atoms with Gasteiger partial charge in [-0.1, -0.05) is 63.5 Å². The molecule has 0 aliphatic heterocycles. The molecule has 0 bridgehead atoms. The van der Waals surface area contributed by atoms with E-state index in [1.807, 2.05) is 0 Å². The molecule has 0 saturated heterocycles. The maximum atomic E-state index is 2.45. The summed E-state index contributed by atoms with van der Waals surface area (Å²) in [6, 6.07) is 6.81. The first-order valence-electron chi connectivity index (χ1n) is 7.35. The second kappa shape index (κ2) is 7.41. The summed E-state index contributed by atoms with van der Waals surface area (Å²) >= 11 is 0. The Bertz CT molecular complexity index is 398. The summed E-state index contributed by atoms with van der Waals surface area (Å²) < 4.78 is 0. The summed E-state index contributed by atoms with van der Waals surface area (Å²) in [5, 5.41) is 0. The van der Waals surface area contributed by atoms with Crippen molar-refractivity contribution >= 4 is 5.57 Å². The van der Waals surface area contributed by atoms with Gasteiger partial charge in [0.25, 0.3) is 0 Å². The maximum Gasteiger partial charge on any atom is -0.0196 e. The summed E-state index contributed by atoms with van der Waals surface area (Å²) in [5.74, 6) is 0.771. The van der Waals surface area contributed by atoms with Crippen LogP contribution in [0.1, 0.15) is 63.1 Å². The van der Waals surface area contributed by atoms with E-state index in [2.05, 4.69) is 58.9 Å². The van der Waals surface area contributed by atoms with E-state index < -0.39 is 0 Å². The fraction of sp³-hybridized carbons (Fsp3) is 0.556. The van der Waals surface area contributed by atoms with Gasteiger partial charge in [-0.2, -0.15) is 0 Å². The largest absolute Gasteiger partial charge is 0.0807 e. The molecule has 100 valence electrons. The predicted octanol–water partition coefficient (Wildman–Crippen LogP) is 5.92. The van der Waals surface area contributed by atoms with Crippen molar-refractivity contribution in [2.75, 3.05) is 0 Å². The van der Waals surface area contributed by atoms with Crippen LogP contribution in [0.2, 0.25) is 0 Å². The van der Waals surface area contributed by atoms with Crippen molar-refractivity contribution in [1.82, 2.24) is 0 Å². The third-order valence-electron chi connectivity index (χ3n) is 3.68. The van der Waals surface area contributed by atoms with Crippen molar-refractivity contribution in [2.45, 2.75) is 60.3 Å². The third-order valence-corrected chi connectivity index (χ3v) is 3.68. The van der Waals surface area contributed by atoms with Crippen LogP contribution < -0.4 is 0 Å². The molecular weight excluding hydrogens is 216 g/mol. The zero-order valence-electron chi connectivity index (χ0n) is 12.7. The number of benzene rings is 1. The summed E-state index contributed by atoms with van der Waals surface area (Å²) in [5.41, 5.74) is 5.78. The van der Waals surface area contributed by atoms with Gasteiger partial charge in [-0.15, -0.1) is 0 Å². The molecule has 1 aromatic carbocycles. The van der Waals surface area contributed by atoms with Crippen molar-refractivity contribution in [3.8, 4) is 0 Å². The lowest BCUT2D eigenvalue weighted by Crippen LogP contribution is -1.98. The summed E-state index contributed by atoms with van der Waals surface area (Å²) in [4.78, 5) is 0. The number of allylic oxidation sites excluding steroid dienone is 2. The Morgan fingerprint density at radius 2 is 1.94 bits per heavy atom. The third kappa shape index (κ3) is 4.33. The predicted molar refractivity (Wildman–Crippen MR) is 82.9 cm³/mol. The molecule has 0 heteroatoms. The average Bonchev–Trinajstić information content (AvgIpc) is 2.37. The fourth-order valence-electron chi connectivity index (χ4n) is 2.22. The van der Waals surface area contributed by atoms with Crippen LogP contribution in [0.4, 0.5) is 0 Å². The van der Waals surface area contributed by atoms with Crippen molar-refractivity contribution in [3.05, 3.63) is 41.0 Å². The smallest absolute Gasteiger partial charge is 0.0196 e. The summed E-state index contributed by atoms with van der Waals surface area (Å²) in [6.07, 6.45) is 7.34. The minimum Gasteiger partial charge on any atom is -0.0807 e. The molecule has 0 saturated carbocycles. The first-order chi connectivity index (χ1) is 8.58. The standard InChI is InChI=1S/C18H28/c1-6-8-9-17(12-14(3)7-2)18-13-15(4)10-11-16(18)5/h9-11,13-14H,6-8,12H2,1-5H3. The van der Waals surface area contributed by atoms with Crippen molar-refractivity contribution in [1.29, 1.82) is 0 Å². The topological polar surface area (TPSA) is 0 Å². The number of rotatable bonds is 6. The van der Waals surface area contributed by atoms with E-state index >= 15 is 0 Å². The fourth-order valence-corrected chi connectivity index (χ4v) is 2.22. The molecule has 1 rings (SSSR count). The number of aryl methyl sites for hydroxylation is 2. The monoisotopic (exact) mass is 244 g/mol. The van der Waals surface area contributed by atoms with Gasteiger partial charge in [-0.3, -0.25) is 0 Å². The minimum absolute atomic E-state index is 0.771. The maximum absolute atomic E-state index is 2.45. The Morgan fingerprint density at radius 3 is 2.56 bits per heavy atom. The van der Waals surface area contributed by atoms with Crippen LogP contribution in [0.5, 0.6) is 0 Å². The van der Waals surface area contributed by atoms with Gasteiger partial charge in [0.1, 0.15) is 0 Å². The quantitative estimate of drug-likeness (QED) is 0.582. The minimum atomic E-state index is 0.771. The van der Waals surface area contributed by atoms with Gasteiger partial charge in [0.2, 0.25) is 0 Å². The van der Waals surface area contributed by atoms with E-state index in [0.717, 1.165) is 5.92 Å². The lowest BCUT2D eigenvalue weighted by atomic mass is 9.90. The second-order valence-electron chi connectivity index (χ2n) is 5.55. The Morgan fingerprint density at radius 1 is 1.22 bits per heavy atom. The van der Waals surface area contributed by atoms with Gasteiger partial charge >= 0.3 is 0 Å². The number of hydrogen-bond donors (Lipinski definition) is 0. The van der Waals surface area contributed by atoms with Crippen molar-refractivity contribution in [3.63, 3.8) is 0 Å². The van der Waals surface area contributed by atoms with E-state index in [4.69, 9.17) is 0 Å². The average molecular weight is 244 g/mol. The molecule has 1 unspecified atom stereocenters. The number of unbranched alkanes of at least 4 members (excludes halogenated alkanes) is 1. The van der Waals surface area contributed by atoms with Gasteiger partial charge in [0.05, 0.1) is 0 Å². The molecule has 0 aliphatic rings. The Balaban J connectivity index is 3.05. The Labute approximate surface area is 113 Å². The van der Waals surface area contributed by atoms with Gasteiger partial charge in [-0.05, 0) is 49.3 Å². The van der Waals surface area contributed by atoms with Crippen molar-refractivity contribution < 1.29 is 0 Å². The molecule has 18 heavy (non-hydrogen) atoms. The molecule has 0 aliphatic carbocycles. The lowest BCUT2D eigenvalue weighted by Gasteiger charge is -2.16. The van der Waals surface area contributed by atoms with Crippen LogP contribution in [-0.2, 0) is 0 Å². The highest BCUT2D eigenvalue weighted by Crippen LogP contribution is 2.28. The Hall–Kier alpha value is -1.04. The molecule has 0 heterocycles. The van der Waals surface area contributed by atoms with E-state index in [9.17, 15) is 0 Å². The highest BCUT2D eigenvalue weighted by atomic mass is 14.1. The van der Waals surface area contributed by atoms with Crippen LogP contribution in [-0.4, -0.2) is 0 Å². The zero-order chi connectivity index (χ0) is 13.5.